The van der Waals surface area contributed by atoms with Crippen LogP contribution in [0.3, 0.4) is 0 Å². The maximum absolute atomic E-state index is 12.5. The van der Waals surface area contributed by atoms with Gasteiger partial charge in [-0.1, -0.05) is 0 Å². The van der Waals surface area contributed by atoms with Gasteiger partial charge in [-0.15, -0.1) is 11.3 Å². The Kier molecular flexibility index (Phi) is 3.14. The zero-order valence-corrected chi connectivity index (χ0v) is 12.0. The molecule has 19 heavy (non-hydrogen) atoms. The minimum atomic E-state index is 0.101. The maximum atomic E-state index is 12.5. The van der Waals surface area contributed by atoms with Crippen LogP contribution in [0.25, 0.3) is 0 Å². The first-order valence-electron chi connectivity index (χ1n) is 6.54. The van der Waals surface area contributed by atoms with Gasteiger partial charge in [-0.05, 0) is 38.8 Å². The second kappa shape index (κ2) is 4.81. The number of H-pyrrole nitrogens is 1. The summed E-state index contributed by atoms with van der Waals surface area (Å²) in [7, 11) is 0. The molecule has 0 radical (unpaired) electrons. The lowest BCUT2D eigenvalue weighted by molar-refractivity contribution is 0.0735. The second-order valence-electron chi connectivity index (χ2n) is 5.02. The molecule has 0 bridgehead atoms. The minimum absolute atomic E-state index is 0.101. The second-order valence-corrected chi connectivity index (χ2v) is 6.31. The van der Waals surface area contributed by atoms with Crippen molar-refractivity contribution in [2.75, 3.05) is 6.54 Å². The van der Waals surface area contributed by atoms with Crippen molar-refractivity contribution in [1.82, 2.24) is 14.9 Å². The molecule has 2 aromatic rings. The van der Waals surface area contributed by atoms with E-state index in [1.165, 1.54) is 4.88 Å². The monoisotopic (exact) mass is 275 g/mol. The highest BCUT2D eigenvalue weighted by Crippen LogP contribution is 2.32. The summed E-state index contributed by atoms with van der Waals surface area (Å²) in [5.74, 6) is 1.05. The Labute approximate surface area is 116 Å². The van der Waals surface area contributed by atoms with Crippen molar-refractivity contribution in [3.63, 3.8) is 0 Å². The lowest BCUT2D eigenvalue weighted by Crippen LogP contribution is -2.30. The number of nitrogens with zero attached hydrogens (tertiary/aromatic N) is 2. The topological polar surface area (TPSA) is 49.0 Å². The number of rotatable bonds is 2. The van der Waals surface area contributed by atoms with Crippen molar-refractivity contribution in [2.24, 2.45) is 0 Å². The van der Waals surface area contributed by atoms with Gasteiger partial charge in [0.05, 0.1) is 10.9 Å². The number of aromatic nitrogens is 2. The Morgan fingerprint density at radius 2 is 2.32 bits per heavy atom. The van der Waals surface area contributed by atoms with Crippen molar-refractivity contribution >= 4 is 17.2 Å². The molecule has 5 heteroatoms. The van der Waals surface area contributed by atoms with Crippen molar-refractivity contribution in [1.29, 1.82) is 0 Å². The van der Waals surface area contributed by atoms with E-state index in [1.54, 1.807) is 11.3 Å². The number of aryl methyl sites for hydroxylation is 2. The number of hydrogen-bond donors (Lipinski definition) is 1. The molecule has 100 valence electrons. The fraction of sp³-hybridized carbons (Fsp3) is 0.429. The standard InChI is InChI=1S/C14H17N3OS/c1-9-8-15-13(16-9)11-4-3-7-17(11)14(18)12-6-5-10(2)19-12/h5-6,8,11H,3-4,7H2,1-2H3,(H,15,16)/t11-/m1/s1. The number of likely N-dealkylation sites (tertiary alicyclic amines) is 1. The Hall–Kier alpha value is -1.62. The van der Waals surface area contributed by atoms with E-state index in [9.17, 15) is 4.79 Å². The fourth-order valence-electron chi connectivity index (χ4n) is 2.59. The van der Waals surface area contributed by atoms with Crippen molar-refractivity contribution < 1.29 is 4.79 Å². The van der Waals surface area contributed by atoms with E-state index >= 15 is 0 Å². The van der Waals surface area contributed by atoms with Crippen LogP contribution in [0.1, 0.15) is 45.0 Å². The van der Waals surface area contributed by atoms with E-state index in [2.05, 4.69) is 9.97 Å². The van der Waals surface area contributed by atoms with E-state index in [1.807, 2.05) is 37.1 Å². The molecule has 0 saturated carbocycles. The predicted molar refractivity (Wildman–Crippen MR) is 75.4 cm³/mol. The van der Waals surface area contributed by atoms with Gasteiger partial charge in [0.2, 0.25) is 0 Å². The van der Waals surface area contributed by atoms with Crippen LogP contribution in [0.2, 0.25) is 0 Å². The molecule has 1 aliphatic heterocycles. The van der Waals surface area contributed by atoms with Gasteiger partial charge in [-0.2, -0.15) is 0 Å². The third kappa shape index (κ3) is 2.30. The molecule has 1 aliphatic rings. The van der Waals surface area contributed by atoms with Crippen LogP contribution in [0.15, 0.2) is 18.3 Å². The van der Waals surface area contributed by atoms with Crippen LogP contribution in [0.4, 0.5) is 0 Å². The van der Waals surface area contributed by atoms with Crippen LogP contribution in [0.5, 0.6) is 0 Å². The van der Waals surface area contributed by atoms with Crippen LogP contribution in [0, 0.1) is 13.8 Å². The molecule has 1 atom stereocenters. The zero-order chi connectivity index (χ0) is 13.4. The molecule has 2 aromatic heterocycles. The van der Waals surface area contributed by atoms with Crippen LogP contribution >= 0.6 is 11.3 Å². The van der Waals surface area contributed by atoms with Crippen LogP contribution in [-0.4, -0.2) is 27.3 Å². The lowest BCUT2D eigenvalue weighted by atomic mass is 10.2. The molecule has 4 nitrogen and oxygen atoms in total. The number of carbonyl (C=O) groups excluding carboxylic acids is 1. The lowest BCUT2D eigenvalue weighted by Gasteiger charge is -2.22. The number of carbonyl (C=O) groups is 1. The minimum Gasteiger partial charge on any atom is -0.344 e. The van der Waals surface area contributed by atoms with Gasteiger partial charge in [-0.25, -0.2) is 4.98 Å². The Morgan fingerprint density at radius 1 is 1.47 bits per heavy atom. The van der Waals surface area contributed by atoms with E-state index in [-0.39, 0.29) is 11.9 Å². The van der Waals surface area contributed by atoms with Crippen LogP contribution in [-0.2, 0) is 0 Å². The highest BCUT2D eigenvalue weighted by atomic mass is 32.1. The molecule has 1 amide bonds. The number of amides is 1. The zero-order valence-electron chi connectivity index (χ0n) is 11.1. The summed E-state index contributed by atoms with van der Waals surface area (Å²) in [6.45, 7) is 4.83. The molecule has 1 fully saturated rings. The largest absolute Gasteiger partial charge is 0.344 e. The van der Waals surface area contributed by atoms with E-state index in [0.717, 1.165) is 35.8 Å². The van der Waals surface area contributed by atoms with E-state index in [4.69, 9.17) is 0 Å². The summed E-state index contributed by atoms with van der Waals surface area (Å²) in [6, 6.07) is 4.02. The van der Waals surface area contributed by atoms with Gasteiger partial charge in [0, 0.05) is 23.3 Å². The van der Waals surface area contributed by atoms with Crippen molar-refractivity contribution in [2.45, 2.75) is 32.7 Å². The molecule has 1 N–H and O–H groups in total. The molecule has 3 rings (SSSR count). The third-order valence-electron chi connectivity index (χ3n) is 3.50. The van der Waals surface area contributed by atoms with Crippen LogP contribution < -0.4 is 0 Å². The van der Waals surface area contributed by atoms with E-state index in [0.29, 0.717) is 0 Å². The van der Waals surface area contributed by atoms with Gasteiger partial charge in [-0.3, -0.25) is 4.79 Å². The first kappa shape index (κ1) is 12.4. The normalized spacial score (nSPS) is 19.1. The summed E-state index contributed by atoms with van der Waals surface area (Å²) in [5, 5.41) is 0. The summed E-state index contributed by atoms with van der Waals surface area (Å²) in [6.07, 6.45) is 3.86. The predicted octanol–water partition coefficient (Wildman–Crippen LogP) is 3.07. The Morgan fingerprint density at radius 3 is 2.95 bits per heavy atom. The number of hydrogen-bond acceptors (Lipinski definition) is 3. The molecule has 0 aromatic carbocycles. The third-order valence-corrected chi connectivity index (χ3v) is 4.49. The van der Waals surface area contributed by atoms with E-state index < -0.39 is 0 Å². The SMILES string of the molecule is Cc1cnc([C@H]2CCCN2C(=O)c2ccc(C)s2)[nH]1. The fourth-order valence-corrected chi connectivity index (χ4v) is 3.41. The van der Waals surface area contributed by atoms with Crippen molar-refractivity contribution in [3.8, 4) is 0 Å². The van der Waals surface area contributed by atoms with Gasteiger partial charge in [0.15, 0.2) is 0 Å². The summed E-state index contributed by atoms with van der Waals surface area (Å²) in [5.41, 5.74) is 1.04. The van der Waals surface area contributed by atoms with Gasteiger partial charge in [0.25, 0.3) is 5.91 Å². The smallest absolute Gasteiger partial charge is 0.264 e. The van der Waals surface area contributed by atoms with Gasteiger partial charge in [0.1, 0.15) is 5.82 Å². The summed E-state index contributed by atoms with van der Waals surface area (Å²) >= 11 is 1.56. The molecule has 0 aliphatic carbocycles. The average Bonchev–Trinajstić information content (AvgIpc) is 3.07. The quantitative estimate of drug-likeness (QED) is 0.915. The first-order chi connectivity index (χ1) is 9.15. The van der Waals surface area contributed by atoms with Gasteiger partial charge < -0.3 is 9.88 Å². The van der Waals surface area contributed by atoms with Gasteiger partial charge >= 0.3 is 0 Å². The Bertz CT molecular complexity index is 601. The molecular formula is C14H17N3OS. The average molecular weight is 275 g/mol. The summed E-state index contributed by atoms with van der Waals surface area (Å²) < 4.78 is 0. The number of thiophene rings is 1. The molecular weight excluding hydrogens is 258 g/mol. The highest BCUT2D eigenvalue weighted by molar-refractivity contribution is 7.13. The highest BCUT2D eigenvalue weighted by Gasteiger charge is 2.32. The van der Waals surface area contributed by atoms with Crippen molar-refractivity contribution in [3.05, 3.63) is 39.6 Å². The molecule has 0 spiro atoms. The number of nitrogens with one attached hydrogen (secondary N) is 1. The first-order valence-corrected chi connectivity index (χ1v) is 7.35. The molecule has 3 heterocycles. The number of aromatic amines is 1. The number of imidazole rings is 1. The molecule has 1 saturated heterocycles. The Balaban J connectivity index is 1.85. The molecule has 0 unspecified atom stereocenters. The summed E-state index contributed by atoms with van der Waals surface area (Å²) in [4.78, 5) is 24.1. The maximum Gasteiger partial charge on any atom is 0.264 e.